The zero-order valence-corrected chi connectivity index (χ0v) is 16.8. The summed E-state index contributed by atoms with van der Waals surface area (Å²) in [5.74, 6) is 0.771. The van der Waals surface area contributed by atoms with Crippen molar-refractivity contribution in [2.75, 3.05) is 0 Å². The molecule has 3 rings (SSSR count). The second kappa shape index (κ2) is 10.1. The molecule has 5 heteroatoms. The maximum atomic E-state index is 11.4. The van der Waals surface area contributed by atoms with Crippen LogP contribution >= 0.6 is 0 Å². The fourth-order valence-corrected chi connectivity index (χ4v) is 4.18. The van der Waals surface area contributed by atoms with E-state index in [0.29, 0.717) is 24.2 Å². The topological polar surface area (TPSA) is 83.8 Å². The van der Waals surface area contributed by atoms with Crippen LogP contribution in [-0.2, 0) is 14.3 Å². The number of carboxylic acid groups (broad SMARTS) is 1. The molecule has 2 N–H and O–H groups in total. The van der Waals surface area contributed by atoms with Crippen molar-refractivity contribution in [2.24, 2.45) is 23.7 Å². The molecule has 0 aromatic carbocycles. The molecule has 0 radical (unpaired) electrons. The van der Waals surface area contributed by atoms with Crippen LogP contribution in [0.5, 0.6) is 0 Å². The van der Waals surface area contributed by atoms with Gasteiger partial charge in [-0.25, -0.2) is 0 Å². The van der Waals surface area contributed by atoms with Gasteiger partial charge in [0, 0.05) is 6.42 Å². The Morgan fingerprint density at radius 3 is 2.59 bits per heavy atom. The van der Waals surface area contributed by atoms with Gasteiger partial charge in [-0.15, -0.1) is 0 Å². The number of hydrogen-bond donors (Lipinski definition) is 2. The molecule has 5 nitrogen and oxygen atoms in total. The maximum absolute atomic E-state index is 11.4. The summed E-state index contributed by atoms with van der Waals surface area (Å²) >= 11 is 0. The normalized spacial score (nSPS) is 32.7. The van der Waals surface area contributed by atoms with E-state index in [1.165, 1.54) is 5.57 Å². The van der Waals surface area contributed by atoms with Gasteiger partial charge in [-0.05, 0) is 61.9 Å². The molecule has 0 bridgehead atoms. The summed E-state index contributed by atoms with van der Waals surface area (Å²) in [6.45, 7) is 5.57. The van der Waals surface area contributed by atoms with Crippen LogP contribution in [0.4, 0.5) is 0 Å². The number of carbonyl (C=O) groups is 2. The van der Waals surface area contributed by atoms with E-state index in [9.17, 15) is 14.7 Å². The summed E-state index contributed by atoms with van der Waals surface area (Å²) in [6, 6.07) is 0. The molecule has 2 aliphatic carbocycles. The molecular formula is C22H34O5. The zero-order valence-electron chi connectivity index (χ0n) is 16.8. The molecule has 3 aliphatic rings. The van der Waals surface area contributed by atoms with E-state index in [1.807, 2.05) is 6.08 Å². The third-order valence-electron chi connectivity index (χ3n) is 5.89. The van der Waals surface area contributed by atoms with Crippen molar-refractivity contribution in [3.05, 3.63) is 23.8 Å². The van der Waals surface area contributed by atoms with Gasteiger partial charge in [0.1, 0.15) is 6.10 Å². The number of ether oxygens (including phenoxy) is 1. The molecule has 5 atom stereocenters. The first-order valence-electron chi connectivity index (χ1n) is 10.3. The minimum atomic E-state index is -0.741. The lowest BCUT2D eigenvalue weighted by atomic mass is 9.67. The number of fused-ring (bicyclic) bond motifs is 1. The van der Waals surface area contributed by atoms with Crippen LogP contribution in [0.25, 0.3) is 0 Å². The molecular weight excluding hydrogens is 344 g/mol. The van der Waals surface area contributed by atoms with E-state index < -0.39 is 5.97 Å². The molecule has 1 saturated heterocycles. The molecule has 0 amide bonds. The molecule has 1 fully saturated rings. The molecule has 1 heterocycles. The van der Waals surface area contributed by atoms with Crippen molar-refractivity contribution in [1.29, 1.82) is 0 Å². The summed E-state index contributed by atoms with van der Waals surface area (Å²) < 4.78 is 5.45. The van der Waals surface area contributed by atoms with Crippen LogP contribution in [0.15, 0.2) is 23.8 Å². The van der Waals surface area contributed by atoms with Gasteiger partial charge in [0.15, 0.2) is 0 Å². The summed E-state index contributed by atoms with van der Waals surface area (Å²) in [4.78, 5) is 21.1. The van der Waals surface area contributed by atoms with E-state index in [-0.39, 0.29) is 24.1 Å². The van der Waals surface area contributed by atoms with Crippen molar-refractivity contribution in [3.63, 3.8) is 0 Å². The number of aliphatic hydroxyl groups is 1. The Bertz CT molecular complexity index is 577. The second-order valence-corrected chi connectivity index (χ2v) is 8.37. The molecule has 27 heavy (non-hydrogen) atoms. The summed E-state index contributed by atoms with van der Waals surface area (Å²) in [5, 5.41) is 17.8. The Labute approximate surface area is 162 Å². The highest BCUT2D eigenvalue weighted by molar-refractivity contribution is 5.70. The highest BCUT2D eigenvalue weighted by Crippen LogP contribution is 2.42. The fraction of sp³-hybridized carbons (Fsp3) is 0.727. The Morgan fingerprint density at radius 1 is 1.26 bits per heavy atom. The first-order chi connectivity index (χ1) is 12.8. The van der Waals surface area contributed by atoms with Crippen LogP contribution in [0.1, 0.15) is 65.7 Å². The lowest BCUT2D eigenvalue weighted by molar-refractivity contribution is -0.154. The van der Waals surface area contributed by atoms with E-state index in [4.69, 9.17) is 9.84 Å². The number of cyclic esters (lactones) is 1. The third kappa shape index (κ3) is 6.49. The Balaban J connectivity index is 0.000000380. The van der Waals surface area contributed by atoms with Gasteiger partial charge in [0.25, 0.3) is 0 Å². The van der Waals surface area contributed by atoms with Crippen molar-refractivity contribution >= 4 is 11.9 Å². The number of rotatable bonds is 4. The van der Waals surface area contributed by atoms with Gasteiger partial charge in [0.2, 0.25) is 0 Å². The fourth-order valence-electron chi connectivity index (χ4n) is 4.18. The van der Waals surface area contributed by atoms with E-state index in [1.54, 1.807) is 13.8 Å². The van der Waals surface area contributed by atoms with Crippen molar-refractivity contribution in [2.45, 2.75) is 77.9 Å². The average molecular weight is 379 g/mol. The number of aliphatic hydroxyl groups excluding tert-OH is 1. The Hall–Kier alpha value is -1.62. The number of esters is 1. The first kappa shape index (κ1) is 21.7. The molecule has 0 spiro atoms. The lowest BCUT2D eigenvalue weighted by Crippen LogP contribution is -2.31. The number of allylic oxidation sites excluding steroid dienone is 3. The van der Waals surface area contributed by atoms with E-state index in [2.05, 4.69) is 19.1 Å². The monoisotopic (exact) mass is 378 g/mol. The van der Waals surface area contributed by atoms with Crippen LogP contribution in [0, 0.1) is 23.7 Å². The SMILES string of the molecule is CC(C)C(=O)O.CC1C=CC2=CC(O)CCC2C1CC[C@@H]1CCCC(=O)O1. The average Bonchev–Trinajstić information content (AvgIpc) is 2.61. The van der Waals surface area contributed by atoms with Gasteiger partial charge in [0.05, 0.1) is 12.0 Å². The smallest absolute Gasteiger partial charge is 0.306 e. The van der Waals surface area contributed by atoms with Crippen LogP contribution in [-0.4, -0.2) is 34.4 Å². The largest absolute Gasteiger partial charge is 0.481 e. The number of hydrogen-bond acceptors (Lipinski definition) is 4. The second-order valence-electron chi connectivity index (χ2n) is 8.37. The first-order valence-corrected chi connectivity index (χ1v) is 10.3. The van der Waals surface area contributed by atoms with Crippen LogP contribution in [0.2, 0.25) is 0 Å². The van der Waals surface area contributed by atoms with E-state index in [0.717, 1.165) is 38.5 Å². The maximum Gasteiger partial charge on any atom is 0.306 e. The van der Waals surface area contributed by atoms with Crippen molar-refractivity contribution in [1.82, 2.24) is 0 Å². The number of aliphatic carboxylic acids is 1. The van der Waals surface area contributed by atoms with Crippen LogP contribution < -0.4 is 0 Å². The third-order valence-corrected chi connectivity index (χ3v) is 5.89. The molecule has 0 aromatic rings. The van der Waals surface area contributed by atoms with Crippen LogP contribution in [0.3, 0.4) is 0 Å². The molecule has 1 aliphatic heterocycles. The van der Waals surface area contributed by atoms with E-state index >= 15 is 0 Å². The van der Waals surface area contributed by atoms with Gasteiger partial charge in [-0.2, -0.15) is 0 Å². The number of carbonyl (C=O) groups excluding carboxylic acids is 1. The van der Waals surface area contributed by atoms with Gasteiger partial charge < -0.3 is 14.9 Å². The molecule has 0 saturated carbocycles. The Morgan fingerprint density at radius 2 is 1.96 bits per heavy atom. The molecule has 152 valence electrons. The van der Waals surface area contributed by atoms with Gasteiger partial charge in [-0.3, -0.25) is 9.59 Å². The van der Waals surface area contributed by atoms with Crippen molar-refractivity contribution < 1.29 is 24.5 Å². The summed E-state index contributed by atoms with van der Waals surface area (Å²) in [6.07, 6.45) is 13.0. The van der Waals surface area contributed by atoms with Crippen molar-refractivity contribution in [3.8, 4) is 0 Å². The lowest BCUT2D eigenvalue weighted by Gasteiger charge is -2.39. The molecule has 0 aromatic heterocycles. The highest BCUT2D eigenvalue weighted by atomic mass is 16.5. The summed E-state index contributed by atoms with van der Waals surface area (Å²) in [7, 11) is 0. The minimum absolute atomic E-state index is 0.0239. The standard InChI is InChI=1S/C18H26O3.C4H8O2/c1-12-5-6-13-11-14(19)7-9-17(13)16(12)10-8-15-3-2-4-18(20)21-15;1-3(2)4(5)6/h5-6,11-12,14-17,19H,2-4,7-10H2,1H3;3H,1-2H3,(H,5,6)/t12?,14?,15-,16?,17?;/m0./s1. The van der Waals surface area contributed by atoms with Gasteiger partial charge in [-0.1, -0.05) is 39.0 Å². The number of carboxylic acids is 1. The Kier molecular flexibility index (Phi) is 8.08. The predicted molar refractivity (Wildman–Crippen MR) is 104 cm³/mol. The summed E-state index contributed by atoms with van der Waals surface area (Å²) in [5.41, 5.74) is 1.32. The highest BCUT2D eigenvalue weighted by Gasteiger charge is 2.34. The minimum Gasteiger partial charge on any atom is -0.481 e. The quantitative estimate of drug-likeness (QED) is 0.719. The molecule has 4 unspecified atom stereocenters. The van der Waals surface area contributed by atoms with Gasteiger partial charge >= 0.3 is 11.9 Å². The zero-order chi connectivity index (χ0) is 20.0. The predicted octanol–water partition coefficient (Wildman–Crippen LogP) is 4.11.